The molecule has 0 saturated heterocycles. The van der Waals surface area contributed by atoms with E-state index >= 15 is 0 Å². The molecule has 88 valence electrons. The Balaban J connectivity index is 1.96. The Labute approximate surface area is 101 Å². The van der Waals surface area contributed by atoms with Gasteiger partial charge in [-0.1, -0.05) is 12.8 Å². The van der Waals surface area contributed by atoms with E-state index in [0.29, 0.717) is 0 Å². The molecule has 3 heteroatoms. The third-order valence-electron chi connectivity index (χ3n) is 4.17. The fourth-order valence-electron chi connectivity index (χ4n) is 3.25. The van der Waals surface area contributed by atoms with E-state index in [-0.39, 0.29) is 11.6 Å². The van der Waals surface area contributed by atoms with Gasteiger partial charge < -0.3 is 10.1 Å². The van der Waals surface area contributed by atoms with Crippen LogP contribution in [0.2, 0.25) is 0 Å². The third-order valence-corrected chi connectivity index (χ3v) is 5.17. The van der Waals surface area contributed by atoms with Crippen molar-refractivity contribution in [1.82, 2.24) is 5.32 Å². The minimum atomic E-state index is 0.205. The Bertz CT molecular complexity index is 368. The summed E-state index contributed by atoms with van der Waals surface area (Å²) in [4.78, 5) is 1.54. The van der Waals surface area contributed by atoms with Crippen LogP contribution in [0.1, 0.15) is 42.2 Å². The van der Waals surface area contributed by atoms with E-state index in [0.717, 1.165) is 13.0 Å². The lowest BCUT2D eigenvalue weighted by molar-refractivity contribution is -0.0214. The SMILES string of the molecule is CNC1(C2OCCc3sccc32)CCCC1. The second-order valence-corrected chi connectivity index (χ2v) is 5.91. The first-order chi connectivity index (χ1) is 7.86. The van der Waals surface area contributed by atoms with E-state index in [1.807, 2.05) is 11.3 Å². The molecule has 0 aromatic carbocycles. The fraction of sp³-hybridized carbons (Fsp3) is 0.692. The van der Waals surface area contributed by atoms with Crippen LogP contribution in [0.25, 0.3) is 0 Å². The maximum atomic E-state index is 6.09. The summed E-state index contributed by atoms with van der Waals surface area (Å²) in [6.07, 6.45) is 6.56. The molecule has 0 spiro atoms. The maximum absolute atomic E-state index is 6.09. The van der Waals surface area contributed by atoms with Gasteiger partial charge in [-0.2, -0.15) is 0 Å². The van der Waals surface area contributed by atoms with Crippen LogP contribution in [-0.4, -0.2) is 19.2 Å². The zero-order chi connectivity index (χ0) is 11.0. The molecule has 0 bridgehead atoms. The summed E-state index contributed by atoms with van der Waals surface area (Å²) in [5, 5.41) is 5.77. The minimum Gasteiger partial charge on any atom is -0.371 e. The molecule has 2 nitrogen and oxygen atoms in total. The number of nitrogens with one attached hydrogen (secondary N) is 1. The highest BCUT2D eigenvalue weighted by Gasteiger charge is 2.43. The van der Waals surface area contributed by atoms with Crippen molar-refractivity contribution in [2.24, 2.45) is 0 Å². The van der Waals surface area contributed by atoms with Gasteiger partial charge in [-0.3, -0.25) is 0 Å². The van der Waals surface area contributed by atoms with Crippen molar-refractivity contribution in [3.63, 3.8) is 0 Å². The van der Waals surface area contributed by atoms with Gasteiger partial charge >= 0.3 is 0 Å². The van der Waals surface area contributed by atoms with Gasteiger partial charge in [0.1, 0.15) is 6.10 Å². The molecule has 0 amide bonds. The number of thiophene rings is 1. The van der Waals surface area contributed by atoms with Crippen LogP contribution in [0.15, 0.2) is 11.4 Å². The summed E-state index contributed by atoms with van der Waals surface area (Å²) in [5.41, 5.74) is 1.66. The number of hydrogen-bond donors (Lipinski definition) is 1. The van der Waals surface area contributed by atoms with Crippen LogP contribution in [0.5, 0.6) is 0 Å². The Hall–Kier alpha value is -0.380. The van der Waals surface area contributed by atoms with Crippen LogP contribution < -0.4 is 5.32 Å². The number of hydrogen-bond acceptors (Lipinski definition) is 3. The molecular formula is C13H19NOS. The number of likely N-dealkylation sites (N-methyl/N-ethyl adjacent to an activating group) is 1. The smallest absolute Gasteiger partial charge is 0.102 e. The van der Waals surface area contributed by atoms with Crippen LogP contribution in [0.4, 0.5) is 0 Å². The molecule has 1 fully saturated rings. The summed E-state index contributed by atoms with van der Waals surface area (Å²) >= 11 is 1.89. The van der Waals surface area contributed by atoms with Gasteiger partial charge in [0.15, 0.2) is 0 Å². The summed E-state index contributed by atoms with van der Waals surface area (Å²) in [7, 11) is 2.09. The van der Waals surface area contributed by atoms with Gasteiger partial charge in [-0.25, -0.2) is 0 Å². The topological polar surface area (TPSA) is 21.3 Å². The molecule has 1 aliphatic heterocycles. The van der Waals surface area contributed by atoms with Crippen molar-refractivity contribution in [2.45, 2.75) is 43.7 Å². The van der Waals surface area contributed by atoms with E-state index in [2.05, 4.69) is 23.8 Å². The first-order valence-corrected chi connectivity index (χ1v) is 7.10. The van der Waals surface area contributed by atoms with Crippen LogP contribution >= 0.6 is 11.3 Å². The molecule has 1 aliphatic carbocycles. The Morgan fingerprint density at radius 3 is 3.00 bits per heavy atom. The quantitative estimate of drug-likeness (QED) is 0.854. The highest BCUT2D eigenvalue weighted by Crippen LogP contribution is 2.45. The number of fused-ring (bicyclic) bond motifs is 1. The van der Waals surface area contributed by atoms with Gasteiger partial charge in [0, 0.05) is 16.8 Å². The fourth-order valence-corrected chi connectivity index (χ4v) is 4.14. The molecule has 1 atom stereocenters. The zero-order valence-electron chi connectivity index (χ0n) is 9.79. The van der Waals surface area contributed by atoms with Gasteiger partial charge in [0.25, 0.3) is 0 Å². The third kappa shape index (κ3) is 1.53. The molecule has 3 rings (SSSR count). The standard InChI is InChI=1S/C13H19NOS/c1-14-13(6-2-3-7-13)12-10-5-9-16-11(10)4-8-15-12/h5,9,12,14H,2-4,6-8H2,1H3. The van der Waals surface area contributed by atoms with Crippen molar-refractivity contribution in [2.75, 3.05) is 13.7 Å². The van der Waals surface area contributed by atoms with Gasteiger partial charge in [0.2, 0.25) is 0 Å². The van der Waals surface area contributed by atoms with Crippen molar-refractivity contribution in [3.8, 4) is 0 Å². The second kappa shape index (κ2) is 4.13. The lowest BCUT2D eigenvalue weighted by Crippen LogP contribution is -2.48. The predicted octanol–water partition coefficient (Wildman–Crippen LogP) is 2.89. The molecule has 1 aromatic rings. The Morgan fingerprint density at radius 2 is 2.25 bits per heavy atom. The van der Waals surface area contributed by atoms with Crippen molar-refractivity contribution < 1.29 is 4.74 Å². The Morgan fingerprint density at radius 1 is 1.44 bits per heavy atom. The van der Waals surface area contributed by atoms with Crippen LogP contribution in [0, 0.1) is 0 Å². The normalized spacial score (nSPS) is 27.9. The van der Waals surface area contributed by atoms with E-state index < -0.39 is 0 Å². The molecule has 1 aromatic heterocycles. The number of rotatable bonds is 2. The largest absolute Gasteiger partial charge is 0.371 e. The first kappa shape index (κ1) is 10.8. The van der Waals surface area contributed by atoms with E-state index in [4.69, 9.17) is 4.74 Å². The molecule has 1 unspecified atom stereocenters. The predicted molar refractivity (Wildman–Crippen MR) is 67.0 cm³/mol. The maximum Gasteiger partial charge on any atom is 0.102 e. The lowest BCUT2D eigenvalue weighted by Gasteiger charge is -2.39. The van der Waals surface area contributed by atoms with Gasteiger partial charge in [-0.15, -0.1) is 11.3 Å². The monoisotopic (exact) mass is 237 g/mol. The van der Waals surface area contributed by atoms with Crippen LogP contribution in [0.3, 0.4) is 0 Å². The summed E-state index contributed by atoms with van der Waals surface area (Å²) in [6, 6.07) is 2.27. The van der Waals surface area contributed by atoms with E-state index in [9.17, 15) is 0 Å². The molecule has 1 saturated carbocycles. The minimum absolute atomic E-state index is 0.205. The highest BCUT2D eigenvalue weighted by molar-refractivity contribution is 7.10. The molecule has 0 radical (unpaired) electrons. The highest BCUT2D eigenvalue weighted by atomic mass is 32.1. The summed E-state index contributed by atoms with van der Waals surface area (Å²) < 4.78 is 6.09. The average Bonchev–Trinajstić information content (AvgIpc) is 2.98. The molecule has 16 heavy (non-hydrogen) atoms. The Kier molecular flexibility index (Phi) is 2.78. The first-order valence-electron chi connectivity index (χ1n) is 6.22. The van der Waals surface area contributed by atoms with Gasteiger partial charge in [0.05, 0.1) is 6.61 Å². The average molecular weight is 237 g/mol. The lowest BCUT2D eigenvalue weighted by atomic mass is 9.85. The summed E-state index contributed by atoms with van der Waals surface area (Å²) in [6.45, 7) is 0.890. The molecular weight excluding hydrogens is 218 g/mol. The van der Waals surface area contributed by atoms with Crippen molar-refractivity contribution in [3.05, 3.63) is 21.9 Å². The van der Waals surface area contributed by atoms with E-state index in [1.54, 1.807) is 0 Å². The van der Waals surface area contributed by atoms with Gasteiger partial charge in [-0.05, 0) is 36.9 Å². The van der Waals surface area contributed by atoms with Crippen LogP contribution in [-0.2, 0) is 11.2 Å². The molecule has 2 aliphatic rings. The van der Waals surface area contributed by atoms with E-state index in [1.165, 1.54) is 36.1 Å². The summed E-state index contributed by atoms with van der Waals surface area (Å²) in [5.74, 6) is 0. The number of ether oxygens (including phenoxy) is 1. The molecule has 1 N–H and O–H groups in total. The zero-order valence-corrected chi connectivity index (χ0v) is 10.6. The van der Waals surface area contributed by atoms with Crippen molar-refractivity contribution >= 4 is 11.3 Å². The van der Waals surface area contributed by atoms with Crippen molar-refractivity contribution in [1.29, 1.82) is 0 Å². The molecule has 2 heterocycles. The second-order valence-electron chi connectivity index (χ2n) is 4.91.